The first kappa shape index (κ1) is 20.2. The van der Waals surface area contributed by atoms with Crippen molar-refractivity contribution in [3.05, 3.63) is 75.3 Å². The van der Waals surface area contributed by atoms with E-state index in [0.717, 1.165) is 33.3 Å². The Hall–Kier alpha value is -3.72. The number of fused-ring (bicyclic) bond motifs is 2. The van der Waals surface area contributed by atoms with Gasteiger partial charge in [-0.15, -0.1) is 0 Å². The standard InChI is InChI=1S/C23H20N6O2S/c1-12-8-16-14(3)24-21(26-18(16)9-13(12)2)29-22-25-15(10-20(30)28-22)11-32-23-27-17-6-4-5-7-19(17)31-23/h4-10H,11H2,1-3H3,(H2,24,25,26,28,29,30). The molecule has 0 unspecified atom stereocenters. The molecule has 0 fully saturated rings. The summed E-state index contributed by atoms with van der Waals surface area (Å²) in [6.07, 6.45) is 0. The van der Waals surface area contributed by atoms with Gasteiger partial charge in [-0.25, -0.2) is 19.9 Å². The summed E-state index contributed by atoms with van der Waals surface area (Å²) in [4.78, 5) is 33.0. The largest absolute Gasteiger partial charge is 0.431 e. The van der Waals surface area contributed by atoms with Gasteiger partial charge in [-0.05, 0) is 56.2 Å². The van der Waals surface area contributed by atoms with Crippen LogP contribution in [0.5, 0.6) is 0 Å². The smallest absolute Gasteiger partial charge is 0.257 e. The Bertz CT molecular complexity index is 1490. The molecule has 3 aromatic heterocycles. The number of thioether (sulfide) groups is 1. The monoisotopic (exact) mass is 444 g/mol. The lowest BCUT2D eigenvalue weighted by Gasteiger charge is -2.10. The minimum Gasteiger partial charge on any atom is -0.431 e. The van der Waals surface area contributed by atoms with Crippen LogP contribution >= 0.6 is 11.8 Å². The number of hydrogen-bond donors (Lipinski definition) is 2. The fourth-order valence-corrected chi connectivity index (χ4v) is 4.12. The van der Waals surface area contributed by atoms with Gasteiger partial charge in [0.25, 0.3) is 10.8 Å². The number of nitrogens with zero attached hydrogens (tertiary/aromatic N) is 4. The number of hydrogen-bond acceptors (Lipinski definition) is 8. The summed E-state index contributed by atoms with van der Waals surface area (Å²) in [5.41, 5.74) is 5.90. The summed E-state index contributed by atoms with van der Waals surface area (Å²) >= 11 is 1.38. The molecule has 2 aromatic carbocycles. The molecule has 0 atom stereocenters. The molecule has 0 aliphatic rings. The van der Waals surface area contributed by atoms with Gasteiger partial charge in [0.1, 0.15) is 5.52 Å². The molecule has 0 amide bonds. The molecule has 0 bridgehead atoms. The molecule has 9 heteroatoms. The van der Waals surface area contributed by atoms with E-state index in [-0.39, 0.29) is 11.5 Å². The van der Waals surface area contributed by atoms with Gasteiger partial charge >= 0.3 is 0 Å². The minimum atomic E-state index is -0.264. The van der Waals surface area contributed by atoms with Gasteiger partial charge < -0.3 is 4.42 Å². The number of H-pyrrole nitrogens is 1. The molecular weight excluding hydrogens is 424 g/mol. The summed E-state index contributed by atoms with van der Waals surface area (Å²) in [5.74, 6) is 1.10. The first-order chi connectivity index (χ1) is 15.4. The lowest BCUT2D eigenvalue weighted by molar-refractivity contribution is 0.489. The fraction of sp³-hybridized carbons (Fsp3) is 0.174. The highest BCUT2D eigenvalue weighted by molar-refractivity contribution is 7.98. The van der Waals surface area contributed by atoms with Crippen LogP contribution < -0.4 is 10.9 Å². The van der Waals surface area contributed by atoms with E-state index in [9.17, 15) is 4.79 Å². The van der Waals surface area contributed by atoms with Crippen LogP contribution in [0.4, 0.5) is 11.9 Å². The van der Waals surface area contributed by atoms with E-state index < -0.39 is 0 Å². The predicted molar refractivity (Wildman–Crippen MR) is 125 cm³/mol. The molecule has 5 rings (SSSR count). The van der Waals surface area contributed by atoms with Crippen LogP contribution in [-0.4, -0.2) is 24.9 Å². The number of nitrogens with one attached hydrogen (secondary N) is 2. The van der Waals surface area contributed by atoms with Crippen molar-refractivity contribution in [1.29, 1.82) is 0 Å². The summed E-state index contributed by atoms with van der Waals surface area (Å²) < 4.78 is 5.72. The van der Waals surface area contributed by atoms with Crippen LogP contribution in [0, 0.1) is 20.8 Å². The number of aromatic amines is 1. The number of oxazole rings is 1. The first-order valence-corrected chi connectivity index (χ1v) is 11.0. The van der Waals surface area contributed by atoms with Gasteiger partial charge in [0.15, 0.2) is 5.58 Å². The van der Waals surface area contributed by atoms with E-state index in [1.807, 2.05) is 37.3 Å². The third-order valence-corrected chi connectivity index (χ3v) is 6.01. The van der Waals surface area contributed by atoms with Crippen LogP contribution in [0.25, 0.3) is 22.0 Å². The third-order valence-electron chi connectivity index (χ3n) is 5.14. The molecule has 2 N–H and O–H groups in total. The highest BCUT2D eigenvalue weighted by Crippen LogP contribution is 2.26. The molecule has 0 spiro atoms. The number of benzene rings is 2. The number of aromatic nitrogens is 5. The fourth-order valence-electron chi connectivity index (χ4n) is 3.39. The summed E-state index contributed by atoms with van der Waals surface area (Å²) in [6.45, 7) is 6.06. The van der Waals surface area contributed by atoms with Crippen molar-refractivity contribution in [3.63, 3.8) is 0 Å². The van der Waals surface area contributed by atoms with Crippen LogP contribution in [-0.2, 0) is 5.75 Å². The Labute approximate surface area is 187 Å². The minimum absolute atomic E-state index is 0.264. The molecule has 3 heterocycles. The summed E-state index contributed by atoms with van der Waals surface area (Å²) in [7, 11) is 0. The number of para-hydroxylation sites is 2. The second kappa shape index (κ2) is 8.08. The molecule has 160 valence electrons. The molecule has 8 nitrogen and oxygen atoms in total. The summed E-state index contributed by atoms with van der Waals surface area (Å²) in [5, 5.41) is 4.57. The maximum Gasteiger partial charge on any atom is 0.257 e. The van der Waals surface area contributed by atoms with E-state index in [1.165, 1.54) is 23.4 Å². The van der Waals surface area contributed by atoms with Gasteiger partial charge in [0.2, 0.25) is 11.9 Å². The quantitative estimate of drug-likeness (QED) is 0.372. The van der Waals surface area contributed by atoms with Crippen molar-refractivity contribution in [1.82, 2.24) is 24.9 Å². The Morgan fingerprint density at radius 1 is 0.969 bits per heavy atom. The van der Waals surface area contributed by atoms with E-state index >= 15 is 0 Å². The van der Waals surface area contributed by atoms with E-state index in [2.05, 4.69) is 50.2 Å². The van der Waals surface area contributed by atoms with E-state index in [4.69, 9.17) is 4.42 Å². The summed E-state index contributed by atoms with van der Waals surface area (Å²) in [6, 6.07) is 13.2. The predicted octanol–water partition coefficient (Wildman–Crippen LogP) is 4.82. The lowest BCUT2D eigenvalue weighted by atomic mass is 10.1. The van der Waals surface area contributed by atoms with E-state index in [1.54, 1.807) is 0 Å². The molecule has 0 saturated heterocycles. The molecule has 5 aromatic rings. The van der Waals surface area contributed by atoms with Crippen molar-refractivity contribution in [3.8, 4) is 0 Å². The number of aryl methyl sites for hydroxylation is 3. The Balaban J connectivity index is 1.39. The van der Waals surface area contributed by atoms with E-state index in [0.29, 0.717) is 22.6 Å². The molecule has 0 aliphatic heterocycles. The molecule has 0 radical (unpaired) electrons. The maximum atomic E-state index is 12.2. The first-order valence-electron chi connectivity index (χ1n) is 10.1. The zero-order chi connectivity index (χ0) is 22.2. The normalized spacial score (nSPS) is 11.3. The number of rotatable bonds is 5. The van der Waals surface area contributed by atoms with Crippen LogP contribution in [0.15, 0.2) is 56.9 Å². The lowest BCUT2D eigenvalue weighted by Crippen LogP contribution is -2.13. The second-order valence-corrected chi connectivity index (χ2v) is 8.46. The third kappa shape index (κ3) is 4.06. The van der Waals surface area contributed by atoms with Crippen molar-refractivity contribution < 1.29 is 4.42 Å². The van der Waals surface area contributed by atoms with Crippen LogP contribution in [0.2, 0.25) is 0 Å². The Morgan fingerprint density at radius 2 is 1.78 bits per heavy atom. The zero-order valence-corrected chi connectivity index (χ0v) is 18.6. The zero-order valence-electron chi connectivity index (χ0n) is 17.8. The van der Waals surface area contributed by atoms with Crippen LogP contribution in [0.1, 0.15) is 22.5 Å². The van der Waals surface area contributed by atoms with Gasteiger partial charge in [0, 0.05) is 17.2 Å². The van der Waals surface area contributed by atoms with Gasteiger partial charge in [-0.1, -0.05) is 23.9 Å². The Kier molecular flexibility index (Phi) is 5.10. The van der Waals surface area contributed by atoms with Gasteiger partial charge in [-0.3, -0.25) is 15.1 Å². The topological polar surface area (TPSA) is 110 Å². The highest BCUT2D eigenvalue weighted by Gasteiger charge is 2.11. The average molecular weight is 445 g/mol. The van der Waals surface area contributed by atoms with Crippen molar-refractivity contribution in [2.45, 2.75) is 31.7 Å². The van der Waals surface area contributed by atoms with Crippen LogP contribution in [0.3, 0.4) is 0 Å². The molecule has 32 heavy (non-hydrogen) atoms. The SMILES string of the molecule is Cc1cc2nc(Nc3nc(CSc4nc5ccccc5o4)cc(=O)[nH]3)nc(C)c2cc1C. The number of anilines is 2. The van der Waals surface area contributed by atoms with Crippen molar-refractivity contribution in [2.24, 2.45) is 0 Å². The molecule has 0 saturated carbocycles. The van der Waals surface area contributed by atoms with Gasteiger partial charge in [-0.2, -0.15) is 0 Å². The van der Waals surface area contributed by atoms with Gasteiger partial charge in [0.05, 0.1) is 16.9 Å². The van der Waals surface area contributed by atoms with Crippen molar-refractivity contribution in [2.75, 3.05) is 5.32 Å². The highest BCUT2D eigenvalue weighted by atomic mass is 32.2. The second-order valence-electron chi connectivity index (χ2n) is 7.53. The van der Waals surface area contributed by atoms with Crippen molar-refractivity contribution >= 4 is 45.7 Å². The maximum absolute atomic E-state index is 12.2. The Morgan fingerprint density at radius 3 is 2.62 bits per heavy atom. The molecular formula is C23H20N6O2S. The molecule has 0 aliphatic carbocycles. The average Bonchev–Trinajstić information content (AvgIpc) is 3.16.